The number of quaternary nitrogens is 1. The maximum Gasteiger partial charge on any atom is 0.118 e. The van der Waals surface area contributed by atoms with Crippen LogP contribution in [0.1, 0.15) is 58.8 Å². The molecular weight excluding hydrogens is 206 g/mol. The molecule has 0 aromatic heterocycles. The van der Waals surface area contributed by atoms with Crippen molar-refractivity contribution in [2.45, 2.75) is 64.3 Å². The van der Waals surface area contributed by atoms with Crippen molar-refractivity contribution in [3.05, 3.63) is 11.1 Å². The van der Waals surface area contributed by atoms with Crippen molar-refractivity contribution in [1.82, 2.24) is 0 Å². The Kier molecular flexibility index (Phi) is 2.66. The molecule has 1 nitrogen and oxygen atoms in total. The van der Waals surface area contributed by atoms with Gasteiger partial charge < -0.3 is 4.48 Å². The highest BCUT2D eigenvalue weighted by molar-refractivity contribution is 5.29. The Balaban J connectivity index is 2.01. The second-order valence-corrected chi connectivity index (χ2v) is 7.09. The molecule has 2 aliphatic heterocycles. The molecule has 3 atom stereocenters. The first-order chi connectivity index (χ1) is 8.09. The lowest BCUT2D eigenvalue weighted by molar-refractivity contribution is -0.942. The Morgan fingerprint density at radius 1 is 1.24 bits per heavy atom. The van der Waals surface area contributed by atoms with Crippen molar-refractivity contribution >= 4 is 0 Å². The zero-order valence-corrected chi connectivity index (χ0v) is 11.9. The number of hydrogen-bond donors (Lipinski definition) is 0. The summed E-state index contributed by atoms with van der Waals surface area (Å²) in [5.41, 5.74) is 4.27. The molecule has 0 bridgehead atoms. The van der Waals surface area contributed by atoms with Gasteiger partial charge in [0.1, 0.15) is 5.54 Å². The summed E-state index contributed by atoms with van der Waals surface area (Å²) in [6.45, 7) is 7.81. The van der Waals surface area contributed by atoms with Gasteiger partial charge in [-0.1, -0.05) is 12.5 Å². The topological polar surface area (TPSA) is 0 Å². The van der Waals surface area contributed by atoms with Gasteiger partial charge >= 0.3 is 0 Å². The zero-order valence-electron chi connectivity index (χ0n) is 11.9. The third kappa shape index (κ3) is 1.54. The van der Waals surface area contributed by atoms with E-state index in [4.69, 9.17) is 0 Å². The zero-order chi connectivity index (χ0) is 12.1. The molecule has 0 aromatic carbocycles. The van der Waals surface area contributed by atoms with Gasteiger partial charge in [0, 0.05) is 18.8 Å². The largest absolute Gasteiger partial charge is 0.317 e. The number of nitrogens with zero attached hydrogens (tertiary/aromatic N) is 1. The fraction of sp³-hybridized carbons (Fsp3) is 0.875. The van der Waals surface area contributed by atoms with Crippen LogP contribution in [0.2, 0.25) is 0 Å². The summed E-state index contributed by atoms with van der Waals surface area (Å²) in [6.07, 6.45) is 9.97. The van der Waals surface area contributed by atoms with Crippen LogP contribution in [0.4, 0.5) is 0 Å². The Morgan fingerprint density at radius 2 is 2.00 bits per heavy atom. The van der Waals surface area contributed by atoms with E-state index in [0.717, 1.165) is 5.92 Å². The smallest absolute Gasteiger partial charge is 0.118 e. The van der Waals surface area contributed by atoms with Gasteiger partial charge in [-0.15, -0.1) is 0 Å². The van der Waals surface area contributed by atoms with Gasteiger partial charge in [0.25, 0.3) is 0 Å². The van der Waals surface area contributed by atoms with Crippen LogP contribution in [0, 0.1) is 5.92 Å². The highest BCUT2D eigenvalue weighted by Crippen LogP contribution is 2.52. The third-order valence-electron chi connectivity index (χ3n) is 6.26. The van der Waals surface area contributed by atoms with E-state index < -0.39 is 0 Å². The Labute approximate surface area is 106 Å². The maximum absolute atomic E-state index is 2.59. The van der Waals surface area contributed by atoms with Crippen LogP contribution in [0.5, 0.6) is 0 Å². The van der Waals surface area contributed by atoms with Crippen molar-refractivity contribution in [3.63, 3.8) is 0 Å². The summed E-state index contributed by atoms with van der Waals surface area (Å²) < 4.78 is 1.35. The molecule has 1 saturated heterocycles. The molecule has 3 aliphatic rings. The predicted octanol–water partition coefficient (Wildman–Crippen LogP) is 3.90. The second-order valence-electron chi connectivity index (χ2n) is 7.09. The van der Waals surface area contributed by atoms with Gasteiger partial charge in [0.05, 0.1) is 20.1 Å². The average molecular weight is 234 g/mol. The summed E-state index contributed by atoms with van der Waals surface area (Å²) in [4.78, 5) is 0. The van der Waals surface area contributed by atoms with Crippen LogP contribution in [-0.2, 0) is 0 Å². The molecule has 96 valence electrons. The van der Waals surface area contributed by atoms with E-state index in [2.05, 4.69) is 20.9 Å². The monoisotopic (exact) mass is 234 g/mol. The minimum absolute atomic E-state index is 0.509. The van der Waals surface area contributed by atoms with Crippen LogP contribution in [0.15, 0.2) is 11.1 Å². The first kappa shape index (κ1) is 11.8. The molecule has 0 aromatic rings. The average Bonchev–Trinajstić information content (AvgIpc) is 2.62. The molecular formula is C16H28N+. The van der Waals surface area contributed by atoms with E-state index in [1.807, 2.05) is 11.1 Å². The predicted molar refractivity (Wildman–Crippen MR) is 72.8 cm³/mol. The van der Waals surface area contributed by atoms with E-state index in [1.165, 1.54) is 62.5 Å². The third-order valence-corrected chi connectivity index (χ3v) is 6.26. The van der Waals surface area contributed by atoms with Gasteiger partial charge in [-0.05, 0) is 44.6 Å². The fourth-order valence-corrected chi connectivity index (χ4v) is 4.95. The molecule has 1 heteroatoms. The van der Waals surface area contributed by atoms with Crippen LogP contribution >= 0.6 is 0 Å². The SMILES string of the molecule is CC[C@@H]1C[C@]2(C)C3=C(CCCC3)CC[N+]2(C)C1. The van der Waals surface area contributed by atoms with Crippen molar-refractivity contribution < 1.29 is 4.48 Å². The Bertz CT molecular complexity index is 357. The van der Waals surface area contributed by atoms with Crippen LogP contribution in [0.25, 0.3) is 0 Å². The van der Waals surface area contributed by atoms with Crippen LogP contribution in [0.3, 0.4) is 0 Å². The molecule has 2 heterocycles. The summed E-state index contributed by atoms with van der Waals surface area (Å²) in [5, 5.41) is 0. The minimum Gasteiger partial charge on any atom is -0.317 e. The van der Waals surface area contributed by atoms with Crippen molar-refractivity contribution in [2.75, 3.05) is 20.1 Å². The van der Waals surface area contributed by atoms with Gasteiger partial charge in [0.15, 0.2) is 0 Å². The number of fused-ring (bicyclic) bond motifs is 2. The summed E-state index contributed by atoms with van der Waals surface area (Å²) in [5.74, 6) is 0.971. The van der Waals surface area contributed by atoms with Gasteiger partial charge in [-0.25, -0.2) is 0 Å². The first-order valence-electron chi connectivity index (χ1n) is 7.65. The van der Waals surface area contributed by atoms with Gasteiger partial charge in [-0.3, -0.25) is 0 Å². The van der Waals surface area contributed by atoms with Crippen molar-refractivity contribution in [1.29, 1.82) is 0 Å². The molecule has 3 rings (SSSR count). The number of likely N-dealkylation sites (N-methyl/N-ethyl adjacent to an activating group) is 1. The Hall–Kier alpha value is -0.300. The number of rotatable bonds is 1. The van der Waals surface area contributed by atoms with Crippen LogP contribution < -0.4 is 0 Å². The van der Waals surface area contributed by atoms with E-state index in [0.29, 0.717) is 5.54 Å². The van der Waals surface area contributed by atoms with E-state index in [9.17, 15) is 0 Å². The normalized spacial score (nSPS) is 45.7. The lowest BCUT2D eigenvalue weighted by Gasteiger charge is -2.51. The molecule has 1 aliphatic carbocycles. The van der Waals surface area contributed by atoms with Gasteiger partial charge in [0.2, 0.25) is 0 Å². The molecule has 1 fully saturated rings. The minimum atomic E-state index is 0.509. The molecule has 0 N–H and O–H groups in total. The standard InChI is InChI=1S/C16H28N/c1-4-13-11-16(2)15-8-6-5-7-14(15)9-10-17(16,3)12-13/h13H,4-12H2,1-3H3/q+1/t13-,16-,17?/m1/s1. The number of hydrogen-bond acceptors (Lipinski definition) is 0. The molecule has 17 heavy (non-hydrogen) atoms. The highest BCUT2D eigenvalue weighted by atomic mass is 15.4. The van der Waals surface area contributed by atoms with E-state index >= 15 is 0 Å². The lowest BCUT2D eigenvalue weighted by Crippen LogP contribution is -2.60. The quantitative estimate of drug-likeness (QED) is 0.477. The van der Waals surface area contributed by atoms with E-state index in [1.54, 1.807) is 0 Å². The highest BCUT2D eigenvalue weighted by Gasteiger charge is 2.56. The second kappa shape index (κ2) is 3.85. The van der Waals surface area contributed by atoms with Crippen molar-refractivity contribution in [3.8, 4) is 0 Å². The first-order valence-corrected chi connectivity index (χ1v) is 7.65. The molecule has 0 radical (unpaired) electrons. The van der Waals surface area contributed by atoms with Crippen LogP contribution in [-0.4, -0.2) is 30.2 Å². The molecule has 1 unspecified atom stereocenters. The maximum atomic E-state index is 2.59. The van der Waals surface area contributed by atoms with Crippen molar-refractivity contribution in [2.24, 2.45) is 5.92 Å². The fourth-order valence-electron chi connectivity index (χ4n) is 4.95. The molecule has 0 amide bonds. The van der Waals surface area contributed by atoms with Gasteiger partial charge in [-0.2, -0.15) is 0 Å². The summed E-state index contributed by atoms with van der Waals surface area (Å²) in [6, 6.07) is 0. The molecule has 0 saturated carbocycles. The van der Waals surface area contributed by atoms with E-state index in [-0.39, 0.29) is 0 Å². The summed E-state index contributed by atoms with van der Waals surface area (Å²) >= 11 is 0. The molecule has 0 spiro atoms. The lowest BCUT2D eigenvalue weighted by atomic mass is 9.73. The summed E-state index contributed by atoms with van der Waals surface area (Å²) in [7, 11) is 2.54. The Morgan fingerprint density at radius 3 is 2.76 bits per heavy atom.